The van der Waals surface area contributed by atoms with E-state index in [1.54, 1.807) is 29.2 Å². The van der Waals surface area contributed by atoms with Crippen LogP contribution in [0.1, 0.15) is 11.1 Å². The van der Waals surface area contributed by atoms with Crippen molar-refractivity contribution in [3.05, 3.63) is 87.9 Å². The molecule has 0 saturated carbocycles. The van der Waals surface area contributed by atoms with Crippen LogP contribution >= 0.6 is 23.2 Å². The highest BCUT2D eigenvalue weighted by Crippen LogP contribution is 2.33. The van der Waals surface area contributed by atoms with Gasteiger partial charge in [0.05, 0.1) is 17.3 Å². The number of hydrogen-bond acceptors (Lipinski definition) is 3. The van der Waals surface area contributed by atoms with Gasteiger partial charge in [-0.05, 0) is 42.0 Å². The maximum Gasteiger partial charge on any atom is 0.263 e. The van der Waals surface area contributed by atoms with Gasteiger partial charge in [-0.2, -0.15) is 0 Å². The minimum absolute atomic E-state index is 0.0598. The average molecular weight is 432 g/mol. The highest BCUT2D eigenvalue weighted by Gasteiger charge is 2.27. The highest BCUT2D eigenvalue weighted by molar-refractivity contribution is 7.92. The summed E-state index contributed by atoms with van der Waals surface area (Å²) in [7, 11) is -3.94. The molecular formula is C20H15Cl2N3O2S. The van der Waals surface area contributed by atoms with E-state index in [9.17, 15) is 8.42 Å². The van der Waals surface area contributed by atoms with Gasteiger partial charge in [0.25, 0.3) is 10.0 Å². The fraction of sp³-hybridized carbons (Fsp3) is 0.0500. The molecule has 8 heteroatoms. The van der Waals surface area contributed by atoms with Gasteiger partial charge in [0, 0.05) is 16.3 Å². The van der Waals surface area contributed by atoms with Gasteiger partial charge < -0.3 is 4.90 Å². The monoisotopic (exact) mass is 431 g/mol. The normalized spacial score (nSPS) is 13.5. The minimum Gasteiger partial charge on any atom is -0.322 e. The number of nitrogens with zero attached hydrogens (tertiary/aromatic N) is 1. The van der Waals surface area contributed by atoms with Crippen molar-refractivity contribution in [2.24, 2.45) is 0 Å². The molecule has 0 saturated heterocycles. The minimum atomic E-state index is -3.94. The van der Waals surface area contributed by atoms with Crippen molar-refractivity contribution in [1.29, 1.82) is 5.41 Å². The molecule has 0 bridgehead atoms. The summed E-state index contributed by atoms with van der Waals surface area (Å²) < 4.78 is 28.3. The second kappa shape index (κ2) is 7.13. The molecule has 1 aliphatic heterocycles. The summed E-state index contributed by atoms with van der Waals surface area (Å²) in [5, 5.41) is 8.94. The average Bonchev–Trinajstić information content (AvgIpc) is 2.99. The van der Waals surface area contributed by atoms with Crippen LogP contribution in [0.2, 0.25) is 10.0 Å². The first kappa shape index (κ1) is 18.8. The van der Waals surface area contributed by atoms with Crippen LogP contribution < -0.4 is 9.62 Å². The summed E-state index contributed by atoms with van der Waals surface area (Å²) in [5.41, 5.74) is 2.77. The molecule has 0 aliphatic carbocycles. The first-order chi connectivity index (χ1) is 13.3. The van der Waals surface area contributed by atoms with Crippen LogP contribution in [-0.4, -0.2) is 14.3 Å². The Bertz CT molecular complexity index is 1200. The molecule has 0 unspecified atom stereocenters. The van der Waals surface area contributed by atoms with Crippen molar-refractivity contribution in [3.8, 4) is 0 Å². The molecule has 4 rings (SSSR count). The lowest BCUT2D eigenvalue weighted by atomic mass is 10.1. The second-order valence-electron chi connectivity index (χ2n) is 6.32. The molecule has 0 atom stereocenters. The van der Waals surface area contributed by atoms with Crippen molar-refractivity contribution in [2.45, 2.75) is 11.4 Å². The Morgan fingerprint density at radius 1 is 0.964 bits per heavy atom. The number of nitrogens with one attached hydrogen (secondary N) is 2. The molecule has 0 spiro atoms. The quantitative estimate of drug-likeness (QED) is 0.600. The van der Waals surface area contributed by atoms with E-state index in [0.717, 1.165) is 11.1 Å². The van der Waals surface area contributed by atoms with Crippen LogP contribution in [-0.2, 0) is 16.6 Å². The molecule has 1 heterocycles. The molecule has 0 radical (unpaired) electrons. The van der Waals surface area contributed by atoms with E-state index in [0.29, 0.717) is 28.8 Å². The van der Waals surface area contributed by atoms with Crippen molar-refractivity contribution < 1.29 is 8.42 Å². The summed E-state index contributed by atoms with van der Waals surface area (Å²) >= 11 is 12.1. The largest absolute Gasteiger partial charge is 0.322 e. The third-order valence-corrected chi connectivity index (χ3v) is 6.56. The number of sulfonamides is 1. The predicted molar refractivity (Wildman–Crippen MR) is 113 cm³/mol. The van der Waals surface area contributed by atoms with Gasteiger partial charge in [-0.25, -0.2) is 8.42 Å². The lowest BCUT2D eigenvalue weighted by Crippen LogP contribution is -2.23. The van der Waals surface area contributed by atoms with Gasteiger partial charge in [-0.15, -0.1) is 0 Å². The summed E-state index contributed by atoms with van der Waals surface area (Å²) in [5.74, 6) is 0.323. The van der Waals surface area contributed by atoms with Crippen molar-refractivity contribution in [1.82, 2.24) is 0 Å². The van der Waals surface area contributed by atoms with Crippen LogP contribution in [0, 0.1) is 5.41 Å². The van der Waals surface area contributed by atoms with Crippen molar-refractivity contribution >= 4 is 50.4 Å². The summed E-state index contributed by atoms with van der Waals surface area (Å²) in [6, 6.07) is 18.8. The van der Waals surface area contributed by atoms with E-state index in [4.69, 9.17) is 28.6 Å². The first-order valence-corrected chi connectivity index (χ1v) is 10.6. The Hall–Kier alpha value is -2.54. The van der Waals surface area contributed by atoms with Crippen LogP contribution in [0.25, 0.3) is 0 Å². The molecule has 3 aromatic carbocycles. The van der Waals surface area contributed by atoms with E-state index in [2.05, 4.69) is 4.72 Å². The SMILES string of the molecule is N=C1c2ccccc2CN1c1ccc(Cl)c(S(=O)(=O)Nc2cccc(Cl)c2)c1. The number of rotatable bonds is 4. The topological polar surface area (TPSA) is 73.3 Å². The number of benzene rings is 3. The molecule has 3 aromatic rings. The van der Waals surface area contributed by atoms with Gasteiger partial charge in [0.15, 0.2) is 0 Å². The van der Waals surface area contributed by atoms with Crippen LogP contribution in [0.15, 0.2) is 71.6 Å². The Kier molecular flexibility index (Phi) is 4.79. The number of halogens is 2. The lowest BCUT2D eigenvalue weighted by Gasteiger charge is -2.20. The van der Waals surface area contributed by atoms with E-state index in [1.807, 2.05) is 24.3 Å². The van der Waals surface area contributed by atoms with Gasteiger partial charge in [-0.3, -0.25) is 10.1 Å². The molecule has 1 aliphatic rings. The number of hydrogen-bond donors (Lipinski definition) is 2. The van der Waals surface area contributed by atoms with Crippen LogP contribution in [0.4, 0.5) is 11.4 Å². The van der Waals surface area contributed by atoms with Crippen LogP contribution in [0.5, 0.6) is 0 Å². The van der Waals surface area contributed by atoms with E-state index in [1.165, 1.54) is 18.2 Å². The molecule has 28 heavy (non-hydrogen) atoms. The third kappa shape index (κ3) is 3.46. The van der Waals surface area contributed by atoms with Crippen molar-refractivity contribution in [2.75, 3.05) is 9.62 Å². The Labute approximate surface area is 173 Å². The highest BCUT2D eigenvalue weighted by atomic mass is 35.5. The van der Waals surface area contributed by atoms with Crippen molar-refractivity contribution in [3.63, 3.8) is 0 Å². The Morgan fingerprint density at radius 3 is 2.50 bits per heavy atom. The van der Waals surface area contributed by atoms with Crippen LogP contribution in [0.3, 0.4) is 0 Å². The Morgan fingerprint density at radius 2 is 1.75 bits per heavy atom. The lowest BCUT2D eigenvalue weighted by molar-refractivity contribution is 0.601. The standard InChI is InChI=1S/C20H15Cl2N3O2S/c21-14-5-3-6-15(10-14)24-28(26,27)19-11-16(8-9-18(19)22)25-12-13-4-1-2-7-17(13)20(25)23/h1-11,23-24H,12H2. The van der Waals surface area contributed by atoms with E-state index >= 15 is 0 Å². The zero-order chi connectivity index (χ0) is 19.9. The van der Waals surface area contributed by atoms with E-state index in [-0.39, 0.29) is 9.92 Å². The van der Waals surface area contributed by atoms with Gasteiger partial charge in [0.1, 0.15) is 10.7 Å². The smallest absolute Gasteiger partial charge is 0.263 e. The second-order valence-corrected chi connectivity index (χ2v) is 8.82. The Balaban J connectivity index is 1.69. The summed E-state index contributed by atoms with van der Waals surface area (Å²) in [6.07, 6.45) is 0. The molecular weight excluding hydrogens is 417 g/mol. The molecule has 2 N–H and O–H groups in total. The maximum absolute atomic E-state index is 12.9. The number of amidine groups is 1. The fourth-order valence-corrected chi connectivity index (χ4v) is 4.89. The molecule has 0 aromatic heterocycles. The van der Waals surface area contributed by atoms with Gasteiger partial charge in [0.2, 0.25) is 0 Å². The number of anilines is 2. The third-order valence-electron chi connectivity index (χ3n) is 4.46. The van der Waals surface area contributed by atoms with Gasteiger partial charge in [-0.1, -0.05) is 53.5 Å². The molecule has 5 nitrogen and oxygen atoms in total. The summed E-state index contributed by atoms with van der Waals surface area (Å²) in [4.78, 5) is 1.69. The predicted octanol–water partition coefficient (Wildman–Crippen LogP) is 5.14. The zero-order valence-electron chi connectivity index (χ0n) is 14.5. The fourth-order valence-electron chi connectivity index (χ4n) is 3.13. The summed E-state index contributed by atoms with van der Waals surface area (Å²) in [6.45, 7) is 0.498. The first-order valence-electron chi connectivity index (χ1n) is 8.37. The number of fused-ring (bicyclic) bond motifs is 1. The van der Waals surface area contributed by atoms with E-state index < -0.39 is 10.0 Å². The van der Waals surface area contributed by atoms with Gasteiger partial charge >= 0.3 is 0 Å². The molecule has 0 amide bonds. The molecule has 0 fully saturated rings. The zero-order valence-corrected chi connectivity index (χ0v) is 16.8. The molecule has 142 valence electrons. The maximum atomic E-state index is 12.9.